The van der Waals surface area contributed by atoms with Gasteiger partial charge in [0.15, 0.2) is 0 Å². The molecule has 8 heteroatoms. The zero-order chi connectivity index (χ0) is 21.6. The Morgan fingerprint density at radius 1 is 1.13 bits per heavy atom. The van der Waals surface area contributed by atoms with Gasteiger partial charge in [0.2, 0.25) is 10.0 Å². The highest BCUT2D eigenvalue weighted by atomic mass is 32.2. The first-order valence-corrected chi connectivity index (χ1v) is 12.3. The second-order valence-corrected chi connectivity index (χ2v) is 9.71. The summed E-state index contributed by atoms with van der Waals surface area (Å²) in [7, 11) is -3.60. The molecule has 0 radical (unpaired) electrons. The summed E-state index contributed by atoms with van der Waals surface area (Å²) >= 11 is 1.61. The third-order valence-electron chi connectivity index (χ3n) is 4.84. The molecule has 2 aromatic rings. The maximum Gasteiger partial charge on any atom is 0.266 e. The van der Waals surface area contributed by atoms with E-state index < -0.39 is 15.9 Å². The van der Waals surface area contributed by atoms with Crippen molar-refractivity contribution < 1.29 is 13.2 Å². The van der Waals surface area contributed by atoms with E-state index in [1.54, 1.807) is 23.9 Å². The number of sulfonamides is 1. The van der Waals surface area contributed by atoms with Crippen LogP contribution in [0.4, 0.5) is 5.69 Å². The van der Waals surface area contributed by atoms with Gasteiger partial charge in [-0.05, 0) is 61.1 Å². The highest BCUT2D eigenvalue weighted by Gasteiger charge is 2.26. The van der Waals surface area contributed by atoms with E-state index in [1.807, 2.05) is 36.6 Å². The van der Waals surface area contributed by atoms with Gasteiger partial charge in [0.05, 0.1) is 4.90 Å². The quantitative estimate of drug-likeness (QED) is 0.414. The average molecular weight is 442 g/mol. The molecule has 0 aliphatic carbocycles. The molecule has 0 unspecified atom stereocenters. The number of nitrogens with zero attached hydrogens (tertiary/aromatic N) is 2. The number of rotatable bonds is 6. The topological polar surface area (TPSA) is 90.3 Å². The average Bonchev–Trinajstić information content (AvgIpc) is 2.78. The molecule has 0 saturated carbocycles. The van der Waals surface area contributed by atoms with Crippen LogP contribution in [-0.2, 0) is 14.8 Å². The van der Waals surface area contributed by atoms with Crippen molar-refractivity contribution in [2.45, 2.75) is 29.1 Å². The Kier molecular flexibility index (Phi) is 7.32. The standard InChI is InChI=1S/C22H23N3O3S2/c1-29-20-10-8-17(9-11-20)14-18(16-23)22(26)24-19-6-5-7-21(15-19)30(27,28)25-12-3-2-4-13-25/h5-11,14-15H,2-4,12-13H2,1H3,(H,24,26)/b18-14+. The minimum Gasteiger partial charge on any atom is -0.321 e. The van der Waals surface area contributed by atoms with Gasteiger partial charge in [-0.15, -0.1) is 11.8 Å². The van der Waals surface area contributed by atoms with Crippen molar-refractivity contribution in [2.75, 3.05) is 24.7 Å². The fraction of sp³-hybridized carbons (Fsp3) is 0.273. The SMILES string of the molecule is CSc1ccc(/C=C(\C#N)C(=O)Nc2cccc(S(=O)(=O)N3CCCCC3)c2)cc1. The van der Waals surface area contributed by atoms with Crippen LogP contribution in [0.3, 0.4) is 0 Å². The number of benzene rings is 2. The van der Waals surface area contributed by atoms with Crippen molar-refractivity contribution in [3.8, 4) is 6.07 Å². The van der Waals surface area contributed by atoms with E-state index in [9.17, 15) is 18.5 Å². The predicted octanol–water partition coefficient (Wildman–Crippen LogP) is 4.13. The van der Waals surface area contributed by atoms with Gasteiger partial charge < -0.3 is 5.32 Å². The monoisotopic (exact) mass is 441 g/mol. The molecule has 1 saturated heterocycles. The minimum atomic E-state index is -3.60. The van der Waals surface area contributed by atoms with Crippen LogP contribution in [0.2, 0.25) is 0 Å². The van der Waals surface area contributed by atoms with Gasteiger partial charge in [0.1, 0.15) is 11.6 Å². The lowest BCUT2D eigenvalue weighted by atomic mass is 10.1. The smallest absolute Gasteiger partial charge is 0.266 e. The maximum absolute atomic E-state index is 12.9. The lowest BCUT2D eigenvalue weighted by Crippen LogP contribution is -2.35. The molecule has 1 aliphatic rings. The van der Waals surface area contributed by atoms with Crippen LogP contribution >= 0.6 is 11.8 Å². The molecule has 156 valence electrons. The normalized spacial score (nSPS) is 15.4. The zero-order valence-electron chi connectivity index (χ0n) is 16.7. The van der Waals surface area contributed by atoms with Crippen molar-refractivity contribution in [3.05, 3.63) is 59.7 Å². The Morgan fingerprint density at radius 2 is 1.83 bits per heavy atom. The molecule has 0 aromatic heterocycles. The first-order chi connectivity index (χ1) is 14.4. The molecular weight excluding hydrogens is 418 g/mol. The zero-order valence-corrected chi connectivity index (χ0v) is 18.3. The van der Waals surface area contributed by atoms with Gasteiger partial charge in [-0.25, -0.2) is 8.42 Å². The summed E-state index contributed by atoms with van der Waals surface area (Å²) in [5.41, 5.74) is 1.01. The first kappa shape index (κ1) is 22.1. The van der Waals surface area contributed by atoms with Crippen LogP contribution in [0.5, 0.6) is 0 Å². The van der Waals surface area contributed by atoms with Gasteiger partial charge in [0.25, 0.3) is 5.91 Å². The molecule has 3 rings (SSSR count). The van der Waals surface area contributed by atoms with Crippen molar-refractivity contribution in [1.82, 2.24) is 4.31 Å². The number of hydrogen-bond donors (Lipinski definition) is 1. The number of carbonyl (C=O) groups is 1. The molecule has 30 heavy (non-hydrogen) atoms. The van der Waals surface area contributed by atoms with Gasteiger partial charge in [0, 0.05) is 23.7 Å². The third kappa shape index (κ3) is 5.30. The number of hydrogen-bond acceptors (Lipinski definition) is 5. The van der Waals surface area contributed by atoms with Crippen molar-refractivity contribution in [3.63, 3.8) is 0 Å². The molecule has 2 aromatic carbocycles. The molecule has 0 spiro atoms. The molecule has 1 amide bonds. The van der Waals surface area contributed by atoms with Gasteiger partial charge in [-0.3, -0.25) is 4.79 Å². The summed E-state index contributed by atoms with van der Waals surface area (Å²) in [6.07, 6.45) is 6.21. The fourth-order valence-corrected chi connectivity index (χ4v) is 5.17. The van der Waals surface area contributed by atoms with Gasteiger partial charge in [-0.1, -0.05) is 24.6 Å². The van der Waals surface area contributed by atoms with E-state index in [0.29, 0.717) is 18.8 Å². The number of carbonyl (C=O) groups excluding carboxylic acids is 1. The van der Waals surface area contributed by atoms with Crippen molar-refractivity contribution >= 4 is 39.5 Å². The van der Waals surface area contributed by atoms with Crippen LogP contribution in [0.15, 0.2) is 63.9 Å². The Bertz CT molecular complexity index is 1080. The number of thioether (sulfide) groups is 1. The number of amides is 1. The van der Waals surface area contributed by atoms with E-state index in [-0.39, 0.29) is 10.5 Å². The van der Waals surface area contributed by atoms with Crippen molar-refractivity contribution in [2.24, 2.45) is 0 Å². The summed E-state index contributed by atoms with van der Waals surface area (Å²) in [6.45, 7) is 1.02. The van der Waals surface area contributed by atoms with Crippen molar-refractivity contribution in [1.29, 1.82) is 5.26 Å². The first-order valence-electron chi connectivity index (χ1n) is 9.61. The summed E-state index contributed by atoms with van der Waals surface area (Å²) in [6, 6.07) is 15.6. The van der Waals surface area contributed by atoms with E-state index in [0.717, 1.165) is 29.7 Å². The van der Waals surface area contributed by atoms with E-state index in [1.165, 1.54) is 22.5 Å². The molecule has 1 aliphatic heterocycles. The molecule has 1 N–H and O–H groups in total. The van der Waals surface area contributed by atoms with Crippen LogP contribution < -0.4 is 5.32 Å². The Morgan fingerprint density at radius 3 is 2.47 bits per heavy atom. The lowest BCUT2D eigenvalue weighted by Gasteiger charge is -2.26. The fourth-order valence-electron chi connectivity index (χ4n) is 3.20. The van der Waals surface area contributed by atoms with E-state index >= 15 is 0 Å². The Hall–Kier alpha value is -2.60. The minimum absolute atomic E-state index is 0.0591. The third-order valence-corrected chi connectivity index (χ3v) is 7.47. The largest absolute Gasteiger partial charge is 0.321 e. The Balaban J connectivity index is 1.78. The van der Waals surface area contributed by atoms with Gasteiger partial charge in [-0.2, -0.15) is 9.57 Å². The molecule has 1 heterocycles. The second-order valence-electron chi connectivity index (χ2n) is 6.89. The number of piperidine rings is 1. The van der Waals surface area contributed by atoms with Crippen LogP contribution in [0.1, 0.15) is 24.8 Å². The van der Waals surface area contributed by atoms with E-state index in [4.69, 9.17) is 0 Å². The predicted molar refractivity (Wildman–Crippen MR) is 119 cm³/mol. The summed E-state index contributed by atoms with van der Waals surface area (Å²) in [4.78, 5) is 13.8. The highest BCUT2D eigenvalue weighted by molar-refractivity contribution is 7.98. The maximum atomic E-state index is 12.9. The van der Waals surface area contributed by atoms with E-state index in [2.05, 4.69) is 5.32 Å². The molecule has 1 fully saturated rings. The summed E-state index contributed by atoms with van der Waals surface area (Å²) < 4.78 is 27.2. The molecule has 0 atom stereocenters. The van der Waals surface area contributed by atoms with Gasteiger partial charge >= 0.3 is 0 Å². The van der Waals surface area contributed by atoms with Crippen LogP contribution in [-0.4, -0.2) is 38.0 Å². The lowest BCUT2D eigenvalue weighted by molar-refractivity contribution is -0.112. The molecule has 0 bridgehead atoms. The number of nitrogens with one attached hydrogen (secondary N) is 1. The summed E-state index contributed by atoms with van der Waals surface area (Å²) in [5.74, 6) is -0.584. The Labute approximate surface area is 181 Å². The van der Waals surface area contributed by atoms with Crippen LogP contribution in [0, 0.1) is 11.3 Å². The molecule has 6 nitrogen and oxygen atoms in total. The number of anilines is 1. The number of nitriles is 1. The second kappa shape index (κ2) is 9.94. The summed E-state index contributed by atoms with van der Waals surface area (Å²) in [5, 5.41) is 12.0. The molecular formula is C22H23N3O3S2. The highest BCUT2D eigenvalue weighted by Crippen LogP contribution is 2.23. The van der Waals surface area contributed by atoms with Crippen LogP contribution in [0.25, 0.3) is 6.08 Å².